The van der Waals surface area contributed by atoms with E-state index in [1.165, 1.54) is 12.1 Å². The lowest BCUT2D eigenvalue weighted by atomic mass is 9.86. The van der Waals surface area contributed by atoms with Crippen molar-refractivity contribution in [3.63, 3.8) is 0 Å². The maximum absolute atomic E-state index is 13.1. The van der Waals surface area contributed by atoms with Crippen LogP contribution in [0.5, 0.6) is 5.75 Å². The minimum atomic E-state index is -0.676. The van der Waals surface area contributed by atoms with Crippen molar-refractivity contribution in [2.75, 3.05) is 6.54 Å². The number of hydrogen-bond donors (Lipinski definition) is 2. The number of aliphatic carboxylic acids is 1. The van der Waals surface area contributed by atoms with Gasteiger partial charge in [-0.25, -0.2) is 4.39 Å². The molecule has 4 nitrogen and oxygen atoms in total. The van der Waals surface area contributed by atoms with E-state index in [4.69, 9.17) is 9.84 Å². The summed E-state index contributed by atoms with van der Waals surface area (Å²) in [6.07, 6.45) is 4.04. The Morgan fingerprint density at radius 2 is 2.10 bits per heavy atom. The topological polar surface area (TPSA) is 58.6 Å². The Balaban J connectivity index is 1.44. The number of rotatable bonds is 4. The highest BCUT2D eigenvalue weighted by atomic mass is 19.1. The summed E-state index contributed by atoms with van der Waals surface area (Å²) in [5, 5.41) is 12.4. The minimum absolute atomic E-state index is 0.0407. The molecule has 1 aromatic rings. The standard InChI is InChI=1S/C16H20FNO3/c17-12-3-6-15-11(7-12)8-14(21-15)9-18-13-4-1-10(2-5-13)16(19)20/h3,6-7,10,13-14,18H,1-2,4-5,8-9H2,(H,19,20). The van der Waals surface area contributed by atoms with E-state index < -0.39 is 5.97 Å². The largest absolute Gasteiger partial charge is 0.488 e. The van der Waals surface area contributed by atoms with Crippen molar-refractivity contribution in [2.24, 2.45) is 5.92 Å². The van der Waals surface area contributed by atoms with E-state index in [2.05, 4.69) is 5.32 Å². The molecule has 1 aliphatic heterocycles. The van der Waals surface area contributed by atoms with Crippen LogP contribution in [0.3, 0.4) is 0 Å². The summed E-state index contributed by atoms with van der Waals surface area (Å²) in [4.78, 5) is 10.9. The zero-order valence-corrected chi connectivity index (χ0v) is 11.8. The van der Waals surface area contributed by atoms with Gasteiger partial charge >= 0.3 is 5.97 Å². The molecule has 2 N–H and O–H groups in total. The molecule has 1 heterocycles. The molecule has 1 aliphatic carbocycles. The Labute approximate surface area is 123 Å². The molecule has 0 aromatic heterocycles. The number of hydrogen-bond acceptors (Lipinski definition) is 3. The first-order chi connectivity index (χ1) is 10.1. The molecule has 1 fully saturated rings. The summed E-state index contributed by atoms with van der Waals surface area (Å²) < 4.78 is 18.9. The number of ether oxygens (including phenoxy) is 1. The molecule has 2 aliphatic rings. The van der Waals surface area contributed by atoms with E-state index in [-0.39, 0.29) is 17.8 Å². The predicted molar refractivity (Wildman–Crippen MR) is 75.9 cm³/mol. The van der Waals surface area contributed by atoms with Crippen molar-refractivity contribution in [2.45, 2.75) is 44.2 Å². The van der Waals surface area contributed by atoms with Gasteiger partial charge in [-0.15, -0.1) is 0 Å². The molecule has 114 valence electrons. The molecular formula is C16H20FNO3. The number of halogens is 1. The summed E-state index contributed by atoms with van der Waals surface area (Å²) >= 11 is 0. The second-order valence-electron chi connectivity index (χ2n) is 5.99. The van der Waals surface area contributed by atoms with Crippen LogP contribution in [0.4, 0.5) is 4.39 Å². The average Bonchev–Trinajstić information content (AvgIpc) is 2.87. The summed E-state index contributed by atoms with van der Waals surface area (Å²) in [6, 6.07) is 5.00. The fraction of sp³-hybridized carbons (Fsp3) is 0.562. The molecule has 5 heteroatoms. The first-order valence-corrected chi connectivity index (χ1v) is 7.53. The van der Waals surface area contributed by atoms with Crippen LogP contribution >= 0.6 is 0 Å². The molecule has 0 amide bonds. The molecule has 1 atom stereocenters. The summed E-state index contributed by atoms with van der Waals surface area (Å²) in [5.41, 5.74) is 0.927. The van der Waals surface area contributed by atoms with Gasteiger partial charge in [0, 0.05) is 24.6 Å². The van der Waals surface area contributed by atoms with Crippen LogP contribution in [-0.4, -0.2) is 29.8 Å². The van der Waals surface area contributed by atoms with Crippen LogP contribution in [0, 0.1) is 11.7 Å². The summed E-state index contributed by atoms with van der Waals surface area (Å²) in [7, 11) is 0. The molecule has 0 saturated heterocycles. The van der Waals surface area contributed by atoms with Gasteiger partial charge in [-0.3, -0.25) is 4.79 Å². The molecule has 21 heavy (non-hydrogen) atoms. The van der Waals surface area contributed by atoms with Gasteiger partial charge < -0.3 is 15.2 Å². The Bertz CT molecular complexity index is 526. The highest BCUT2D eigenvalue weighted by Gasteiger charge is 2.28. The van der Waals surface area contributed by atoms with Crippen LogP contribution in [0.15, 0.2) is 18.2 Å². The fourth-order valence-corrected chi connectivity index (χ4v) is 3.25. The molecular weight excluding hydrogens is 273 g/mol. The van der Waals surface area contributed by atoms with Crippen molar-refractivity contribution in [1.29, 1.82) is 0 Å². The molecule has 1 unspecified atom stereocenters. The van der Waals surface area contributed by atoms with Crippen LogP contribution in [0.2, 0.25) is 0 Å². The zero-order chi connectivity index (χ0) is 14.8. The smallest absolute Gasteiger partial charge is 0.306 e. The number of carboxylic acids is 1. The highest BCUT2D eigenvalue weighted by molar-refractivity contribution is 5.70. The predicted octanol–water partition coefficient (Wildman–Crippen LogP) is 2.36. The normalized spacial score (nSPS) is 28.0. The van der Waals surface area contributed by atoms with E-state index in [1.54, 1.807) is 6.07 Å². The highest BCUT2D eigenvalue weighted by Crippen LogP contribution is 2.29. The van der Waals surface area contributed by atoms with Crippen molar-refractivity contribution in [1.82, 2.24) is 5.32 Å². The lowest BCUT2D eigenvalue weighted by molar-refractivity contribution is -0.142. The second kappa shape index (κ2) is 6.02. The minimum Gasteiger partial charge on any atom is -0.488 e. The van der Waals surface area contributed by atoms with Crippen molar-refractivity contribution in [3.05, 3.63) is 29.6 Å². The van der Waals surface area contributed by atoms with Crippen molar-refractivity contribution >= 4 is 5.97 Å². The Morgan fingerprint density at radius 3 is 2.81 bits per heavy atom. The number of carboxylic acid groups (broad SMARTS) is 1. The molecule has 0 spiro atoms. The van der Waals surface area contributed by atoms with Gasteiger partial charge in [0.1, 0.15) is 17.7 Å². The quantitative estimate of drug-likeness (QED) is 0.895. The van der Waals surface area contributed by atoms with Gasteiger partial charge in [-0.1, -0.05) is 0 Å². The number of nitrogens with one attached hydrogen (secondary N) is 1. The Morgan fingerprint density at radius 1 is 1.33 bits per heavy atom. The first-order valence-electron chi connectivity index (χ1n) is 7.53. The van der Waals surface area contributed by atoms with E-state index in [1.807, 2.05) is 0 Å². The van der Waals surface area contributed by atoms with Gasteiger partial charge in [0.25, 0.3) is 0 Å². The van der Waals surface area contributed by atoms with Crippen molar-refractivity contribution in [3.8, 4) is 5.75 Å². The van der Waals surface area contributed by atoms with E-state index in [0.29, 0.717) is 6.04 Å². The van der Waals surface area contributed by atoms with Crippen molar-refractivity contribution < 1.29 is 19.0 Å². The Hall–Kier alpha value is -1.62. The second-order valence-corrected chi connectivity index (χ2v) is 5.99. The Kier molecular flexibility index (Phi) is 4.10. The zero-order valence-electron chi connectivity index (χ0n) is 11.8. The van der Waals surface area contributed by atoms with Gasteiger partial charge in [-0.05, 0) is 43.9 Å². The van der Waals surface area contributed by atoms with Gasteiger partial charge in [0.15, 0.2) is 0 Å². The molecule has 1 saturated carbocycles. The fourth-order valence-electron chi connectivity index (χ4n) is 3.25. The lowest BCUT2D eigenvalue weighted by Crippen LogP contribution is -2.40. The lowest BCUT2D eigenvalue weighted by Gasteiger charge is -2.27. The van der Waals surface area contributed by atoms with E-state index >= 15 is 0 Å². The van der Waals surface area contributed by atoms with Crippen LogP contribution < -0.4 is 10.1 Å². The third-order valence-corrected chi connectivity index (χ3v) is 4.47. The van der Waals surface area contributed by atoms with Crippen LogP contribution in [0.25, 0.3) is 0 Å². The number of benzene rings is 1. The van der Waals surface area contributed by atoms with Gasteiger partial charge in [-0.2, -0.15) is 0 Å². The third kappa shape index (κ3) is 3.35. The SMILES string of the molecule is O=C(O)C1CCC(NCC2Cc3cc(F)ccc3O2)CC1. The maximum atomic E-state index is 13.1. The third-order valence-electron chi connectivity index (χ3n) is 4.47. The average molecular weight is 293 g/mol. The van der Waals surface area contributed by atoms with Gasteiger partial charge in [0.05, 0.1) is 5.92 Å². The number of fused-ring (bicyclic) bond motifs is 1. The van der Waals surface area contributed by atoms with Crippen LogP contribution in [-0.2, 0) is 11.2 Å². The molecule has 1 aromatic carbocycles. The van der Waals surface area contributed by atoms with E-state index in [0.717, 1.165) is 50.0 Å². The summed E-state index contributed by atoms with van der Waals surface area (Å²) in [6.45, 7) is 0.721. The molecule has 0 radical (unpaired) electrons. The van der Waals surface area contributed by atoms with Crippen LogP contribution in [0.1, 0.15) is 31.2 Å². The number of carbonyl (C=O) groups is 1. The first kappa shape index (κ1) is 14.3. The molecule has 0 bridgehead atoms. The van der Waals surface area contributed by atoms with Gasteiger partial charge in [0.2, 0.25) is 0 Å². The molecule has 3 rings (SSSR count). The monoisotopic (exact) mass is 293 g/mol. The van der Waals surface area contributed by atoms with E-state index in [9.17, 15) is 9.18 Å². The maximum Gasteiger partial charge on any atom is 0.306 e. The summed E-state index contributed by atoms with van der Waals surface area (Å²) in [5.74, 6) is -0.307.